The van der Waals surface area contributed by atoms with E-state index in [4.69, 9.17) is 9.47 Å². The van der Waals surface area contributed by atoms with Gasteiger partial charge in [-0.25, -0.2) is 8.42 Å². The summed E-state index contributed by atoms with van der Waals surface area (Å²) in [4.78, 5) is 11.5. The normalized spacial score (nSPS) is 18.1. The van der Waals surface area contributed by atoms with Crippen molar-refractivity contribution < 1.29 is 27.8 Å². The third kappa shape index (κ3) is 3.34. The minimum atomic E-state index is -3.93. The molecule has 2 rings (SSSR count). The summed E-state index contributed by atoms with van der Waals surface area (Å²) < 4.78 is 37.1. The summed E-state index contributed by atoms with van der Waals surface area (Å²) in [6, 6.07) is 5.75. The topological polar surface area (TPSA) is 102 Å². The predicted molar refractivity (Wildman–Crippen MR) is 73.7 cm³/mol. The lowest BCUT2D eigenvalue weighted by Crippen LogP contribution is -2.57. The second kappa shape index (κ2) is 6.00. The second-order valence-electron chi connectivity index (χ2n) is 4.78. The van der Waals surface area contributed by atoms with Crippen LogP contribution in [-0.2, 0) is 19.6 Å². The number of carboxylic acid groups (broad SMARTS) is 1. The molecule has 21 heavy (non-hydrogen) atoms. The van der Waals surface area contributed by atoms with Gasteiger partial charge in [-0.15, -0.1) is 0 Å². The number of benzene rings is 1. The molecule has 0 atom stereocenters. The van der Waals surface area contributed by atoms with Crippen LogP contribution in [0.4, 0.5) is 0 Å². The number of methoxy groups -OCH3 is 1. The molecule has 0 spiro atoms. The quantitative estimate of drug-likeness (QED) is 0.825. The van der Waals surface area contributed by atoms with Crippen LogP contribution >= 0.6 is 0 Å². The van der Waals surface area contributed by atoms with E-state index in [0.717, 1.165) is 0 Å². The molecule has 0 unspecified atom stereocenters. The summed E-state index contributed by atoms with van der Waals surface area (Å²) in [5.41, 5.74) is -1.52. The molecule has 2 N–H and O–H groups in total. The molecule has 1 aromatic rings. The van der Waals surface area contributed by atoms with E-state index in [1.54, 1.807) is 0 Å². The van der Waals surface area contributed by atoms with E-state index >= 15 is 0 Å². The van der Waals surface area contributed by atoms with Crippen LogP contribution in [0, 0.1) is 0 Å². The molecule has 0 amide bonds. The number of sulfonamides is 1. The van der Waals surface area contributed by atoms with E-state index in [0.29, 0.717) is 5.75 Å². The first-order valence-electron chi connectivity index (χ1n) is 6.39. The van der Waals surface area contributed by atoms with Gasteiger partial charge in [-0.1, -0.05) is 0 Å². The van der Waals surface area contributed by atoms with Crippen LogP contribution in [0.3, 0.4) is 0 Å². The molecule has 0 aliphatic carbocycles. The zero-order chi connectivity index (χ0) is 15.5. The molecular formula is C13H17NO6S. The number of hydrogen-bond acceptors (Lipinski definition) is 5. The molecule has 1 aliphatic rings. The highest BCUT2D eigenvalue weighted by molar-refractivity contribution is 7.89. The van der Waals surface area contributed by atoms with Crippen molar-refractivity contribution >= 4 is 16.0 Å². The zero-order valence-corrected chi connectivity index (χ0v) is 12.4. The van der Waals surface area contributed by atoms with Crippen molar-refractivity contribution in [2.24, 2.45) is 0 Å². The first-order chi connectivity index (χ1) is 9.89. The molecular weight excluding hydrogens is 298 g/mol. The number of rotatable bonds is 5. The summed E-state index contributed by atoms with van der Waals surface area (Å²) in [6.45, 7) is 0.412. The molecule has 1 fully saturated rings. The molecule has 0 aromatic heterocycles. The fraction of sp³-hybridized carbons (Fsp3) is 0.462. The molecule has 7 nitrogen and oxygen atoms in total. The van der Waals surface area contributed by atoms with Gasteiger partial charge in [-0.3, -0.25) is 4.79 Å². The average Bonchev–Trinajstić information content (AvgIpc) is 2.47. The van der Waals surface area contributed by atoms with Gasteiger partial charge in [-0.05, 0) is 24.3 Å². The minimum absolute atomic E-state index is 0.00424. The van der Waals surface area contributed by atoms with Crippen molar-refractivity contribution in [3.05, 3.63) is 24.3 Å². The summed E-state index contributed by atoms with van der Waals surface area (Å²) in [7, 11) is -2.45. The first kappa shape index (κ1) is 15.7. The highest BCUT2D eigenvalue weighted by Crippen LogP contribution is 2.25. The fourth-order valence-corrected chi connectivity index (χ4v) is 3.57. The second-order valence-corrected chi connectivity index (χ2v) is 6.46. The van der Waals surface area contributed by atoms with Gasteiger partial charge in [-0.2, -0.15) is 4.72 Å². The van der Waals surface area contributed by atoms with Crippen molar-refractivity contribution in [1.82, 2.24) is 4.72 Å². The standard InChI is InChI=1S/C13H17NO6S/c1-19-10-2-4-11(5-3-10)21(17,18)14-13(12(15)16)6-8-20-9-7-13/h2-5,14H,6-9H2,1H3,(H,15,16). The van der Waals surface area contributed by atoms with Gasteiger partial charge < -0.3 is 14.6 Å². The monoisotopic (exact) mass is 315 g/mol. The lowest BCUT2D eigenvalue weighted by atomic mass is 9.92. The fourth-order valence-electron chi connectivity index (χ4n) is 2.15. The van der Waals surface area contributed by atoms with Crippen molar-refractivity contribution in [2.75, 3.05) is 20.3 Å². The van der Waals surface area contributed by atoms with Gasteiger partial charge in [0.2, 0.25) is 10.0 Å². The van der Waals surface area contributed by atoms with Gasteiger partial charge in [0.05, 0.1) is 12.0 Å². The smallest absolute Gasteiger partial charge is 0.325 e. The van der Waals surface area contributed by atoms with E-state index < -0.39 is 21.5 Å². The van der Waals surface area contributed by atoms with Crippen LogP contribution in [0.1, 0.15) is 12.8 Å². The van der Waals surface area contributed by atoms with Crippen LogP contribution in [0.5, 0.6) is 5.75 Å². The summed E-state index contributed by atoms with van der Waals surface area (Å²) >= 11 is 0. The van der Waals surface area contributed by atoms with Crippen LogP contribution in [0.15, 0.2) is 29.2 Å². The molecule has 0 bridgehead atoms. The Morgan fingerprint density at radius 2 is 1.86 bits per heavy atom. The van der Waals surface area contributed by atoms with Gasteiger partial charge in [0.1, 0.15) is 11.3 Å². The molecule has 1 aliphatic heterocycles. The van der Waals surface area contributed by atoms with Crippen LogP contribution < -0.4 is 9.46 Å². The highest BCUT2D eigenvalue weighted by Gasteiger charge is 2.43. The van der Waals surface area contributed by atoms with Crippen molar-refractivity contribution in [3.63, 3.8) is 0 Å². The van der Waals surface area contributed by atoms with Gasteiger partial charge in [0.15, 0.2) is 0 Å². The van der Waals surface area contributed by atoms with Crippen LogP contribution in [-0.4, -0.2) is 45.4 Å². The van der Waals surface area contributed by atoms with Gasteiger partial charge in [0, 0.05) is 26.1 Å². The van der Waals surface area contributed by atoms with E-state index in [1.165, 1.54) is 31.4 Å². The SMILES string of the molecule is COc1ccc(S(=O)(=O)NC2(C(=O)O)CCOCC2)cc1. The first-order valence-corrected chi connectivity index (χ1v) is 7.87. The summed E-state index contributed by atoms with van der Waals surface area (Å²) in [6.07, 6.45) is 0.190. The number of carbonyl (C=O) groups is 1. The average molecular weight is 315 g/mol. The predicted octanol–water partition coefficient (Wildman–Crippen LogP) is 0.607. The maximum Gasteiger partial charge on any atom is 0.325 e. The third-order valence-electron chi connectivity index (χ3n) is 3.46. The maximum atomic E-state index is 12.4. The zero-order valence-electron chi connectivity index (χ0n) is 11.5. The number of carboxylic acids is 1. The lowest BCUT2D eigenvalue weighted by molar-refractivity contribution is -0.147. The Morgan fingerprint density at radius 3 is 2.33 bits per heavy atom. The Bertz CT molecular complexity index is 604. The Hall–Kier alpha value is -1.64. The largest absolute Gasteiger partial charge is 0.497 e. The number of ether oxygens (including phenoxy) is 2. The number of aliphatic carboxylic acids is 1. The minimum Gasteiger partial charge on any atom is -0.497 e. The molecule has 0 saturated carbocycles. The Morgan fingerprint density at radius 1 is 1.29 bits per heavy atom. The van der Waals surface area contributed by atoms with E-state index in [2.05, 4.69) is 4.72 Å². The van der Waals surface area contributed by atoms with E-state index in [1.807, 2.05) is 0 Å². The third-order valence-corrected chi connectivity index (χ3v) is 5.01. The molecule has 8 heteroatoms. The van der Waals surface area contributed by atoms with Crippen LogP contribution in [0.25, 0.3) is 0 Å². The molecule has 116 valence electrons. The molecule has 1 saturated heterocycles. The molecule has 0 radical (unpaired) electrons. The molecule has 1 heterocycles. The van der Waals surface area contributed by atoms with Crippen molar-refractivity contribution in [1.29, 1.82) is 0 Å². The van der Waals surface area contributed by atoms with Gasteiger partial charge in [0.25, 0.3) is 0 Å². The Kier molecular flexibility index (Phi) is 4.50. The maximum absolute atomic E-state index is 12.4. The Balaban J connectivity index is 2.27. The van der Waals surface area contributed by atoms with Crippen molar-refractivity contribution in [2.45, 2.75) is 23.3 Å². The van der Waals surface area contributed by atoms with Gasteiger partial charge >= 0.3 is 5.97 Å². The van der Waals surface area contributed by atoms with E-state index in [-0.39, 0.29) is 31.0 Å². The number of hydrogen-bond donors (Lipinski definition) is 2. The van der Waals surface area contributed by atoms with E-state index in [9.17, 15) is 18.3 Å². The summed E-state index contributed by atoms with van der Waals surface area (Å²) in [5.74, 6) is -0.671. The number of nitrogens with one attached hydrogen (secondary N) is 1. The van der Waals surface area contributed by atoms with Crippen molar-refractivity contribution in [3.8, 4) is 5.75 Å². The lowest BCUT2D eigenvalue weighted by Gasteiger charge is -2.33. The highest BCUT2D eigenvalue weighted by atomic mass is 32.2. The Labute approximate surface area is 122 Å². The van der Waals surface area contributed by atoms with Crippen LogP contribution in [0.2, 0.25) is 0 Å². The summed E-state index contributed by atoms with van der Waals surface area (Å²) in [5, 5.41) is 9.38. The molecule has 1 aromatic carbocycles.